The second-order valence-electron chi connectivity index (χ2n) is 7.93. The molecule has 0 aliphatic carbocycles. The maximum Gasteiger partial charge on any atom is 0.407 e. The topological polar surface area (TPSA) is 79.0 Å². The fraction of sp³-hybridized carbons (Fsp3) is 0.571. The fourth-order valence-electron chi connectivity index (χ4n) is 3.00. The molecular formula is C21H31N3O4. The molecule has 1 saturated heterocycles. The van der Waals surface area contributed by atoms with Crippen LogP contribution in [0, 0.1) is 0 Å². The Morgan fingerprint density at radius 2 is 1.46 bits per heavy atom. The lowest BCUT2D eigenvalue weighted by Crippen LogP contribution is -2.51. The van der Waals surface area contributed by atoms with Crippen LogP contribution in [0.5, 0.6) is 0 Å². The number of carbonyl (C=O) groups is 3. The lowest BCUT2D eigenvalue weighted by molar-refractivity contribution is -0.139. The van der Waals surface area contributed by atoms with E-state index < -0.39 is 11.7 Å². The van der Waals surface area contributed by atoms with Gasteiger partial charge in [-0.3, -0.25) is 9.59 Å². The lowest BCUT2D eigenvalue weighted by atomic mass is 10.1. The van der Waals surface area contributed by atoms with Crippen molar-refractivity contribution in [3.05, 3.63) is 35.9 Å². The summed E-state index contributed by atoms with van der Waals surface area (Å²) in [6.07, 6.45) is 0.919. The van der Waals surface area contributed by atoms with E-state index in [0.717, 1.165) is 12.0 Å². The van der Waals surface area contributed by atoms with Gasteiger partial charge in [0.15, 0.2) is 0 Å². The average Bonchev–Trinajstić information content (AvgIpc) is 2.65. The van der Waals surface area contributed by atoms with Crippen LogP contribution in [-0.4, -0.2) is 66.0 Å². The highest BCUT2D eigenvalue weighted by Gasteiger charge is 2.24. The predicted octanol–water partition coefficient (Wildman–Crippen LogP) is 2.20. The minimum absolute atomic E-state index is 0.0209. The summed E-state index contributed by atoms with van der Waals surface area (Å²) in [4.78, 5) is 39.8. The molecular weight excluding hydrogens is 358 g/mol. The number of nitrogens with one attached hydrogen (secondary N) is 1. The Hall–Kier alpha value is -2.57. The van der Waals surface area contributed by atoms with Crippen LogP contribution in [0.1, 0.15) is 39.2 Å². The van der Waals surface area contributed by atoms with Crippen LogP contribution >= 0.6 is 0 Å². The molecule has 154 valence electrons. The van der Waals surface area contributed by atoms with E-state index in [1.165, 1.54) is 0 Å². The molecule has 2 rings (SSSR count). The number of hydrogen-bond donors (Lipinski definition) is 1. The first-order valence-electron chi connectivity index (χ1n) is 9.81. The summed E-state index contributed by atoms with van der Waals surface area (Å²) in [6.45, 7) is 7.78. The molecule has 1 N–H and O–H groups in total. The van der Waals surface area contributed by atoms with Crippen molar-refractivity contribution in [3.8, 4) is 0 Å². The van der Waals surface area contributed by atoms with Gasteiger partial charge in [-0.25, -0.2) is 4.79 Å². The SMILES string of the molecule is CC(C)(C)OC(=O)NCCC(=O)N1CCN(C(=O)CCc2ccccc2)CC1. The molecule has 1 aliphatic heterocycles. The third-order valence-corrected chi connectivity index (χ3v) is 4.46. The molecule has 1 aromatic rings. The van der Waals surface area contributed by atoms with Gasteiger partial charge in [-0.1, -0.05) is 30.3 Å². The molecule has 0 atom stereocenters. The van der Waals surface area contributed by atoms with Crippen LogP contribution in [-0.2, 0) is 20.7 Å². The monoisotopic (exact) mass is 389 g/mol. The van der Waals surface area contributed by atoms with Crippen molar-refractivity contribution in [2.75, 3.05) is 32.7 Å². The van der Waals surface area contributed by atoms with Crippen molar-refractivity contribution in [1.29, 1.82) is 0 Å². The Bertz CT molecular complexity index is 662. The smallest absolute Gasteiger partial charge is 0.407 e. The Balaban J connectivity index is 1.64. The Morgan fingerprint density at radius 1 is 0.929 bits per heavy atom. The molecule has 0 saturated carbocycles. The van der Waals surface area contributed by atoms with Crippen molar-refractivity contribution in [1.82, 2.24) is 15.1 Å². The summed E-state index contributed by atoms with van der Waals surface area (Å²) in [7, 11) is 0. The minimum Gasteiger partial charge on any atom is -0.444 e. The second kappa shape index (κ2) is 10.1. The molecule has 0 unspecified atom stereocenters. The lowest BCUT2D eigenvalue weighted by Gasteiger charge is -2.35. The number of alkyl carbamates (subject to hydrolysis) is 1. The molecule has 1 aliphatic rings. The van der Waals surface area contributed by atoms with Gasteiger partial charge >= 0.3 is 6.09 Å². The first-order valence-corrected chi connectivity index (χ1v) is 9.81. The number of hydrogen-bond acceptors (Lipinski definition) is 4. The molecule has 1 fully saturated rings. The first kappa shape index (κ1) is 21.7. The Kier molecular flexibility index (Phi) is 7.84. The molecule has 7 nitrogen and oxygen atoms in total. The average molecular weight is 389 g/mol. The van der Waals surface area contributed by atoms with Crippen LogP contribution < -0.4 is 5.32 Å². The van der Waals surface area contributed by atoms with Crippen molar-refractivity contribution < 1.29 is 19.1 Å². The van der Waals surface area contributed by atoms with Gasteiger partial charge in [-0.2, -0.15) is 0 Å². The van der Waals surface area contributed by atoms with Gasteiger partial charge in [-0.05, 0) is 32.8 Å². The van der Waals surface area contributed by atoms with Crippen LogP contribution in [0.3, 0.4) is 0 Å². The maximum absolute atomic E-state index is 12.4. The van der Waals surface area contributed by atoms with E-state index in [1.807, 2.05) is 35.2 Å². The number of benzene rings is 1. The molecule has 1 aromatic carbocycles. The molecule has 7 heteroatoms. The third kappa shape index (κ3) is 7.58. The van der Waals surface area contributed by atoms with Gasteiger partial charge in [-0.15, -0.1) is 0 Å². The van der Waals surface area contributed by atoms with Gasteiger partial charge in [0.25, 0.3) is 0 Å². The minimum atomic E-state index is -0.558. The standard InChI is InChI=1S/C21H31N3O4/c1-21(2,3)28-20(27)22-12-11-19(26)24-15-13-23(14-16-24)18(25)10-9-17-7-5-4-6-8-17/h4-8H,9-16H2,1-3H3,(H,22,27). The van der Waals surface area contributed by atoms with Gasteiger partial charge in [0.05, 0.1) is 0 Å². The highest BCUT2D eigenvalue weighted by Crippen LogP contribution is 2.09. The third-order valence-electron chi connectivity index (χ3n) is 4.46. The summed E-state index contributed by atoms with van der Waals surface area (Å²) in [5.74, 6) is 0.106. The Labute approximate surface area is 167 Å². The summed E-state index contributed by atoms with van der Waals surface area (Å²) in [5, 5.41) is 2.60. The van der Waals surface area contributed by atoms with E-state index in [2.05, 4.69) is 5.32 Å². The van der Waals surface area contributed by atoms with E-state index in [1.54, 1.807) is 25.7 Å². The van der Waals surface area contributed by atoms with Crippen LogP contribution in [0.25, 0.3) is 0 Å². The molecule has 0 radical (unpaired) electrons. The zero-order chi connectivity index (χ0) is 20.6. The number of rotatable bonds is 6. The number of amides is 3. The highest BCUT2D eigenvalue weighted by atomic mass is 16.6. The predicted molar refractivity (Wildman–Crippen MR) is 107 cm³/mol. The van der Waals surface area contributed by atoms with Crippen molar-refractivity contribution in [3.63, 3.8) is 0 Å². The summed E-state index contributed by atoms with van der Waals surface area (Å²) in [6, 6.07) is 9.96. The number of aryl methyl sites for hydroxylation is 1. The quantitative estimate of drug-likeness (QED) is 0.809. The second-order valence-corrected chi connectivity index (χ2v) is 7.93. The van der Waals surface area contributed by atoms with Crippen molar-refractivity contribution >= 4 is 17.9 Å². The van der Waals surface area contributed by atoms with Crippen molar-refractivity contribution in [2.24, 2.45) is 0 Å². The molecule has 28 heavy (non-hydrogen) atoms. The fourth-order valence-corrected chi connectivity index (χ4v) is 3.00. The molecule has 0 aromatic heterocycles. The summed E-state index contributed by atoms with van der Waals surface area (Å²) >= 11 is 0. The van der Waals surface area contributed by atoms with Crippen LogP contribution in [0.2, 0.25) is 0 Å². The maximum atomic E-state index is 12.4. The molecule has 3 amide bonds. The largest absolute Gasteiger partial charge is 0.444 e. The first-order chi connectivity index (χ1) is 13.2. The number of nitrogens with zero attached hydrogens (tertiary/aromatic N) is 2. The normalized spacial score (nSPS) is 14.5. The zero-order valence-corrected chi connectivity index (χ0v) is 17.1. The van der Waals surface area contributed by atoms with E-state index in [-0.39, 0.29) is 24.8 Å². The zero-order valence-electron chi connectivity index (χ0n) is 17.1. The van der Waals surface area contributed by atoms with Crippen LogP contribution in [0.15, 0.2) is 30.3 Å². The van der Waals surface area contributed by atoms with E-state index in [9.17, 15) is 14.4 Å². The van der Waals surface area contributed by atoms with Crippen molar-refractivity contribution in [2.45, 2.75) is 45.6 Å². The van der Waals surface area contributed by atoms with Gasteiger partial charge in [0.1, 0.15) is 5.60 Å². The van der Waals surface area contributed by atoms with Gasteiger partial charge < -0.3 is 19.9 Å². The summed E-state index contributed by atoms with van der Waals surface area (Å²) in [5.41, 5.74) is 0.597. The molecule has 0 spiro atoms. The molecule has 1 heterocycles. The molecule has 0 bridgehead atoms. The summed E-state index contributed by atoms with van der Waals surface area (Å²) < 4.78 is 5.14. The number of piperazine rings is 1. The van der Waals surface area contributed by atoms with Gasteiger partial charge in [0.2, 0.25) is 11.8 Å². The van der Waals surface area contributed by atoms with E-state index >= 15 is 0 Å². The van der Waals surface area contributed by atoms with Gasteiger partial charge in [0, 0.05) is 45.6 Å². The van der Waals surface area contributed by atoms with E-state index in [0.29, 0.717) is 32.6 Å². The number of ether oxygens (including phenoxy) is 1. The van der Waals surface area contributed by atoms with E-state index in [4.69, 9.17) is 4.74 Å². The van der Waals surface area contributed by atoms with Crippen LogP contribution in [0.4, 0.5) is 4.79 Å². The highest BCUT2D eigenvalue weighted by molar-refractivity contribution is 5.79. The Morgan fingerprint density at radius 3 is 2.00 bits per heavy atom. The number of carbonyl (C=O) groups excluding carboxylic acids is 3.